The zero-order chi connectivity index (χ0) is 25.5. The molecule has 2 aliphatic rings. The Balaban J connectivity index is 1.43. The van der Waals surface area contributed by atoms with Crippen LogP contribution in [0.2, 0.25) is 0 Å². The van der Waals surface area contributed by atoms with Gasteiger partial charge in [-0.15, -0.1) is 0 Å². The second kappa shape index (κ2) is 12.3. The van der Waals surface area contributed by atoms with Crippen LogP contribution in [-0.2, 0) is 11.3 Å². The Labute approximate surface area is 215 Å². The van der Waals surface area contributed by atoms with Gasteiger partial charge in [-0.05, 0) is 92.4 Å². The fourth-order valence-electron chi connectivity index (χ4n) is 6.43. The number of aromatic nitrogens is 1. The van der Waals surface area contributed by atoms with Crippen LogP contribution in [0.5, 0.6) is 5.75 Å². The van der Waals surface area contributed by atoms with Crippen molar-refractivity contribution in [3.63, 3.8) is 0 Å². The number of carboxylic acid groups (broad SMARTS) is 1. The Kier molecular flexibility index (Phi) is 9.20. The Morgan fingerprint density at radius 2 is 2.00 bits per heavy atom. The molecule has 1 aliphatic heterocycles. The third-order valence-corrected chi connectivity index (χ3v) is 8.72. The maximum Gasteiger partial charge on any atom is 0.303 e. The molecule has 0 amide bonds. The number of fused-ring (bicyclic) bond motifs is 1. The van der Waals surface area contributed by atoms with Crippen LogP contribution in [0.1, 0.15) is 87.9 Å². The summed E-state index contributed by atoms with van der Waals surface area (Å²) in [7, 11) is 1.62. The minimum absolute atomic E-state index is 0.158. The summed E-state index contributed by atoms with van der Waals surface area (Å²) in [5.41, 5.74) is 8.12. The van der Waals surface area contributed by atoms with Crippen LogP contribution in [0.3, 0.4) is 0 Å². The molecule has 7 nitrogen and oxygen atoms in total. The van der Waals surface area contributed by atoms with Gasteiger partial charge in [-0.2, -0.15) is 0 Å². The largest absolute Gasteiger partial charge is 0.497 e. The van der Waals surface area contributed by atoms with E-state index in [1.807, 2.05) is 18.2 Å². The van der Waals surface area contributed by atoms with Gasteiger partial charge in [0.1, 0.15) is 5.75 Å². The van der Waals surface area contributed by atoms with Crippen LogP contribution < -0.4 is 10.5 Å². The molecule has 2 heterocycles. The number of nitrogens with two attached hydrogens (primary N) is 1. The van der Waals surface area contributed by atoms with Crippen molar-refractivity contribution in [1.82, 2.24) is 9.88 Å². The number of rotatable bonds is 11. The van der Waals surface area contributed by atoms with Crippen LogP contribution in [-0.4, -0.2) is 52.8 Å². The van der Waals surface area contributed by atoms with E-state index < -0.39 is 12.1 Å². The third-order valence-electron chi connectivity index (χ3n) is 8.72. The lowest BCUT2D eigenvalue weighted by molar-refractivity contribution is -0.141. The molecule has 1 saturated heterocycles. The normalized spacial score (nSPS) is 19.9. The van der Waals surface area contributed by atoms with E-state index in [0.717, 1.165) is 60.4 Å². The molecular formula is C29H43N3O4. The van der Waals surface area contributed by atoms with Gasteiger partial charge in [0, 0.05) is 18.1 Å². The van der Waals surface area contributed by atoms with Gasteiger partial charge in [-0.25, -0.2) is 0 Å². The predicted octanol–water partition coefficient (Wildman–Crippen LogP) is 5.04. The van der Waals surface area contributed by atoms with Crippen molar-refractivity contribution < 1.29 is 19.7 Å². The quantitative estimate of drug-likeness (QED) is 0.399. The highest BCUT2D eigenvalue weighted by Crippen LogP contribution is 2.42. The molecule has 1 atom stereocenters. The minimum atomic E-state index is -0.748. The Hall–Kier alpha value is -2.22. The molecule has 0 unspecified atom stereocenters. The van der Waals surface area contributed by atoms with Crippen molar-refractivity contribution in [2.45, 2.75) is 83.3 Å². The van der Waals surface area contributed by atoms with Crippen LogP contribution in [0.4, 0.5) is 0 Å². The zero-order valence-electron chi connectivity index (χ0n) is 21.8. The monoisotopic (exact) mass is 497 g/mol. The summed E-state index contributed by atoms with van der Waals surface area (Å²) in [6.45, 7) is 3.29. The van der Waals surface area contributed by atoms with Gasteiger partial charge in [0.05, 0.1) is 25.2 Å². The first kappa shape index (κ1) is 26.8. The number of benzene rings is 1. The fraction of sp³-hybridized carbons (Fsp3) is 0.655. The van der Waals surface area contributed by atoms with Gasteiger partial charge < -0.3 is 25.6 Å². The summed E-state index contributed by atoms with van der Waals surface area (Å²) >= 11 is 0. The Morgan fingerprint density at radius 3 is 2.67 bits per heavy atom. The van der Waals surface area contributed by atoms with Crippen LogP contribution >= 0.6 is 0 Å². The molecule has 1 saturated carbocycles. The van der Waals surface area contributed by atoms with E-state index in [9.17, 15) is 15.0 Å². The summed E-state index contributed by atoms with van der Waals surface area (Å²) in [6, 6.07) is 5.65. The number of aliphatic hydroxyl groups is 1. The number of methoxy groups -OCH3 is 1. The first-order valence-corrected chi connectivity index (χ1v) is 13.7. The van der Waals surface area contributed by atoms with E-state index in [0.29, 0.717) is 18.6 Å². The first-order chi connectivity index (χ1) is 17.4. The van der Waals surface area contributed by atoms with Crippen LogP contribution in [0.15, 0.2) is 24.4 Å². The lowest BCUT2D eigenvalue weighted by Crippen LogP contribution is -2.42. The van der Waals surface area contributed by atoms with Gasteiger partial charge in [0.2, 0.25) is 0 Å². The van der Waals surface area contributed by atoms with Gasteiger partial charge in [0.15, 0.2) is 0 Å². The summed E-state index contributed by atoms with van der Waals surface area (Å²) in [6.07, 6.45) is 12.2. The third kappa shape index (κ3) is 6.55. The first-order valence-electron chi connectivity index (χ1n) is 13.7. The maximum atomic E-state index is 11.8. The lowest BCUT2D eigenvalue weighted by Gasteiger charge is -2.42. The molecule has 198 valence electrons. The van der Waals surface area contributed by atoms with Crippen LogP contribution in [0.25, 0.3) is 10.9 Å². The highest BCUT2D eigenvalue weighted by Gasteiger charge is 2.37. The maximum absolute atomic E-state index is 11.8. The second-order valence-corrected chi connectivity index (χ2v) is 11.0. The van der Waals surface area contributed by atoms with E-state index >= 15 is 0 Å². The number of pyridine rings is 1. The van der Waals surface area contributed by atoms with Gasteiger partial charge >= 0.3 is 5.97 Å². The minimum Gasteiger partial charge on any atom is -0.497 e. The second-order valence-electron chi connectivity index (χ2n) is 11.0. The highest BCUT2D eigenvalue weighted by molar-refractivity contribution is 5.85. The number of aliphatic carboxylic acids is 1. The fourth-order valence-corrected chi connectivity index (χ4v) is 6.43. The molecule has 2 fully saturated rings. The Morgan fingerprint density at radius 1 is 1.25 bits per heavy atom. The van der Waals surface area contributed by atoms with Crippen molar-refractivity contribution in [1.29, 1.82) is 0 Å². The van der Waals surface area contributed by atoms with Gasteiger partial charge in [-0.1, -0.05) is 32.1 Å². The molecule has 36 heavy (non-hydrogen) atoms. The average Bonchev–Trinajstić information content (AvgIpc) is 2.90. The molecule has 2 aromatic rings. The smallest absolute Gasteiger partial charge is 0.303 e. The average molecular weight is 498 g/mol. The van der Waals surface area contributed by atoms with Gasteiger partial charge in [-0.3, -0.25) is 9.78 Å². The van der Waals surface area contributed by atoms with Crippen molar-refractivity contribution >= 4 is 16.9 Å². The van der Waals surface area contributed by atoms with E-state index in [1.54, 1.807) is 13.3 Å². The van der Waals surface area contributed by atoms with Crippen molar-refractivity contribution in [2.24, 2.45) is 17.1 Å². The summed E-state index contributed by atoms with van der Waals surface area (Å²) < 4.78 is 5.40. The van der Waals surface area contributed by atoms with E-state index in [-0.39, 0.29) is 18.4 Å². The molecule has 1 aliphatic carbocycles. The van der Waals surface area contributed by atoms with Crippen molar-refractivity contribution in [2.75, 3.05) is 26.7 Å². The predicted molar refractivity (Wildman–Crippen MR) is 142 cm³/mol. The molecule has 0 bridgehead atoms. The molecule has 4 rings (SSSR count). The zero-order valence-corrected chi connectivity index (χ0v) is 21.8. The number of hydrogen-bond donors (Lipinski definition) is 3. The number of ether oxygens (including phenoxy) is 1. The summed E-state index contributed by atoms with van der Waals surface area (Å²) in [4.78, 5) is 18.9. The number of hydrogen-bond acceptors (Lipinski definition) is 6. The number of carbonyl (C=O) groups is 1. The van der Waals surface area contributed by atoms with Crippen molar-refractivity contribution in [3.05, 3.63) is 35.5 Å². The molecule has 0 spiro atoms. The molecule has 7 heteroatoms. The van der Waals surface area contributed by atoms with E-state index in [4.69, 9.17) is 10.5 Å². The molecule has 1 aromatic carbocycles. The van der Waals surface area contributed by atoms with Crippen molar-refractivity contribution in [3.8, 4) is 5.75 Å². The number of aliphatic hydroxyl groups excluding tert-OH is 1. The highest BCUT2D eigenvalue weighted by atomic mass is 16.5. The summed E-state index contributed by atoms with van der Waals surface area (Å²) in [5.74, 6) is 0.821. The van der Waals surface area contributed by atoms with E-state index in [1.165, 1.54) is 38.5 Å². The number of piperidine rings is 1. The molecule has 1 aromatic heterocycles. The standard InChI is InChI=1S/C29H43N3O4/c1-36-23-7-8-25-24(17-23)28(22(19-30)20-31-25)26(33)9-11-29(18-27(34)35)12-15-32(16-13-29)14-10-21-5-3-2-4-6-21/h7-8,17,20-21,26,33H,2-6,9-16,18-19,30H2,1H3,(H,34,35)/t26-/m0/s1. The van der Waals surface area contributed by atoms with Crippen LogP contribution in [0, 0.1) is 11.3 Å². The number of nitrogens with zero attached hydrogens (tertiary/aromatic N) is 2. The molecule has 0 radical (unpaired) electrons. The molecular weight excluding hydrogens is 454 g/mol. The summed E-state index contributed by atoms with van der Waals surface area (Å²) in [5, 5.41) is 21.9. The molecule has 4 N–H and O–H groups in total. The number of carboxylic acids is 1. The Bertz CT molecular complexity index is 1010. The topological polar surface area (TPSA) is 109 Å². The van der Waals surface area contributed by atoms with Gasteiger partial charge in [0.25, 0.3) is 0 Å². The van der Waals surface area contributed by atoms with E-state index in [2.05, 4.69) is 9.88 Å². The lowest BCUT2D eigenvalue weighted by atomic mass is 9.71. The SMILES string of the molecule is COc1ccc2ncc(CN)c([C@@H](O)CCC3(CC(=O)O)CCN(CCC4CCCCC4)CC3)c2c1. The number of likely N-dealkylation sites (tertiary alicyclic amines) is 1.